The normalized spacial score (nSPS) is 12.1. The molecule has 0 radical (unpaired) electrons. The lowest BCUT2D eigenvalue weighted by Crippen LogP contribution is -2.29. The van der Waals surface area contributed by atoms with Crippen LogP contribution in [0.25, 0.3) is 0 Å². The van der Waals surface area contributed by atoms with Gasteiger partial charge in [0.05, 0.1) is 5.69 Å². The monoisotopic (exact) mass is 252 g/mol. The number of unbranched alkanes of at least 4 members (excludes halogenated alkanes) is 2. The fraction of sp³-hybridized carbons (Fsp3) is 0.800. The number of rotatable bonds is 8. The van der Waals surface area contributed by atoms with Crippen LogP contribution < -0.4 is 5.32 Å². The molecule has 0 aliphatic carbocycles. The van der Waals surface area contributed by atoms with Gasteiger partial charge in [0.25, 0.3) is 0 Å². The highest BCUT2D eigenvalue weighted by atomic mass is 16.5. The molecule has 104 valence electrons. The van der Waals surface area contributed by atoms with E-state index in [1.54, 1.807) is 0 Å². The molecule has 1 heterocycles. The molecule has 1 aromatic heterocycles. The van der Waals surface area contributed by atoms with E-state index in [0.29, 0.717) is 5.41 Å². The Hall–Kier alpha value is -0.830. The smallest absolute Gasteiger partial charge is 0.138 e. The highest BCUT2D eigenvalue weighted by molar-refractivity contribution is 5.20. The van der Waals surface area contributed by atoms with Crippen LogP contribution in [0.15, 0.2) is 4.52 Å². The molecule has 0 aliphatic rings. The van der Waals surface area contributed by atoms with E-state index in [9.17, 15) is 0 Å². The largest absolute Gasteiger partial charge is 0.361 e. The topological polar surface area (TPSA) is 38.1 Å². The summed E-state index contributed by atoms with van der Waals surface area (Å²) in [5.41, 5.74) is 2.58. The van der Waals surface area contributed by atoms with Gasteiger partial charge in [0.15, 0.2) is 0 Å². The Balaban J connectivity index is 2.32. The van der Waals surface area contributed by atoms with Gasteiger partial charge in [-0.15, -0.1) is 0 Å². The number of hydrogen-bond acceptors (Lipinski definition) is 3. The lowest BCUT2D eigenvalue weighted by molar-refractivity contribution is 0.301. The van der Waals surface area contributed by atoms with Crippen molar-refractivity contribution in [2.75, 3.05) is 6.54 Å². The predicted molar refractivity (Wildman–Crippen MR) is 75.6 cm³/mol. The summed E-state index contributed by atoms with van der Waals surface area (Å²) in [6, 6.07) is 0. The Morgan fingerprint density at radius 1 is 1.22 bits per heavy atom. The number of aromatic nitrogens is 1. The molecule has 1 rings (SSSR count). The van der Waals surface area contributed by atoms with Crippen molar-refractivity contribution in [2.45, 2.75) is 66.8 Å². The molecule has 0 fully saturated rings. The first kappa shape index (κ1) is 15.2. The van der Waals surface area contributed by atoms with Crippen LogP contribution in [-0.4, -0.2) is 11.7 Å². The molecule has 0 saturated heterocycles. The first-order chi connectivity index (χ1) is 8.46. The molecular formula is C15H28N2O. The zero-order valence-corrected chi connectivity index (χ0v) is 12.6. The highest BCUT2D eigenvalue weighted by Gasteiger charge is 2.17. The second kappa shape index (κ2) is 6.93. The maximum Gasteiger partial charge on any atom is 0.138 e. The van der Waals surface area contributed by atoms with Crippen LogP contribution in [0.5, 0.6) is 0 Å². The summed E-state index contributed by atoms with van der Waals surface area (Å²) in [6.45, 7) is 12.8. The van der Waals surface area contributed by atoms with Gasteiger partial charge < -0.3 is 9.84 Å². The van der Waals surface area contributed by atoms with Crippen molar-refractivity contribution in [3.63, 3.8) is 0 Å². The number of hydrogen-bond donors (Lipinski definition) is 1. The maximum atomic E-state index is 5.17. The van der Waals surface area contributed by atoms with Gasteiger partial charge in [-0.1, -0.05) is 45.2 Å². The van der Waals surface area contributed by atoms with Gasteiger partial charge in [-0.05, 0) is 25.7 Å². The van der Waals surface area contributed by atoms with Gasteiger partial charge in [0.1, 0.15) is 5.76 Å². The summed E-state index contributed by atoms with van der Waals surface area (Å²) in [4.78, 5) is 0. The second-order valence-corrected chi connectivity index (χ2v) is 6.03. The van der Waals surface area contributed by atoms with Gasteiger partial charge in [0, 0.05) is 18.7 Å². The lowest BCUT2D eigenvalue weighted by atomic mass is 9.87. The average Bonchev–Trinajstić information content (AvgIpc) is 2.60. The molecule has 3 heteroatoms. The molecule has 0 unspecified atom stereocenters. The van der Waals surface area contributed by atoms with Crippen LogP contribution >= 0.6 is 0 Å². The molecule has 0 amide bonds. The second-order valence-electron chi connectivity index (χ2n) is 6.03. The maximum absolute atomic E-state index is 5.17. The molecule has 1 aromatic rings. The van der Waals surface area contributed by atoms with Crippen molar-refractivity contribution in [1.29, 1.82) is 0 Å². The minimum absolute atomic E-state index is 0.369. The van der Waals surface area contributed by atoms with E-state index in [2.05, 4.69) is 31.2 Å². The molecule has 0 atom stereocenters. The van der Waals surface area contributed by atoms with Crippen molar-refractivity contribution in [3.8, 4) is 0 Å². The van der Waals surface area contributed by atoms with Crippen LogP contribution in [0.4, 0.5) is 0 Å². The Morgan fingerprint density at radius 3 is 2.50 bits per heavy atom. The van der Waals surface area contributed by atoms with E-state index in [1.807, 2.05) is 13.8 Å². The van der Waals surface area contributed by atoms with Gasteiger partial charge in [-0.25, -0.2) is 0 Å². The predicted octanol–water partition coefficient (Wildman–Crippen LogP) is 3.99. The fourth-order valence-corrected chi connectivity index (χ4v) is 2.22. The van der Waals surface area contributed by atoms with Crippen LogP contribution in [0.1, 0.15) is 63.5 Å². The summed E-state index contributed by atoms with van der Waals surface area (Å²) in [7, 11) is 0. The van der Waals surface area contributed by atoms with E-state index in [1.165, 1.54) is 31.2 Å². The first-order valence-electron chi connectivity index (χ1n) is 7.09. The van der Waals surface area contributed by atoms with Crippen molar-refractivity contribution >= 4 is 0 Å². The minimum atomic E-state index is 0.369. The number of nitrogens with one attached hydrogen (secondary N) is 1. The number of aryl methyl sites for hydroxylation is 2. The SMILES string of the molecule is CCCCCC(C)(C)CNCc1c(C)noc1C. The fourth-order valence-electron chi connectivity index (χ4n) is 2.22. The average molecular weight is 252 g/mol. The molecule has 18 heavy (non-hydrogen) atoms. The zero-order chi connectivity index (χ0) is 13.6. The zero-order valence-electron chi connectivity index (χ0n) is 12.6. The van der Waals surface area contributed by atoms with Crippen LogP contribution in [0, 0.1) is 19.3 Å². The Morgan fingerprint density at radius 2 is 1.94 bits per heavy atom. The van der Waals surface area contributed by atoms with E-state index in [4.69, 9.17) is 4.52 Å². The van der Waals surface area contributed by atoms with Gasteiger partial charge in [-0.2, -0.15) is 0 Å². The van der Waals surface area contributed by atoms with Gasteiger partial charge in [0.2, 0.25) is 0 Å². The van der Waals surface area contributed by atoms with E-state index < -0.39 is 0 Å². The quantitative estimate of drug-likeness (QED) is 0.711. The standard InChI is InChI=1S/C15H28N2O/c1-6-7-8-9-15(4,5)11-16-10-14-12(2)17-18-13(14)3/h16H,6-11H2,1-5H3. The van der Waals surface area contributed by atoms with E-state index >= 15 is 0 Å². The van der Waals surface area contributed by atoms with Crippen LogP contribution in [0.2, 0.25) is 0 Å². The van der Waals surface area contributed by atoms with Gasteiger partial charge >= 0.3 is 0 Å². The lowest BCUT2D eigenvalue weighted by Gasteiger charge is -2.25. The summed E-state index contributed by atoms with van der Waals surface area (Å²) in [5, 5.41) is 7.51. The third kappa shape index (κ3) is 4.81. The summed E-state index contributed by atoms with van der Waals surface area (Å²) in [6.07, 6.45) is 5.25. The van der Waals surface area contributed by atoms with Crippen molar-refractivity contribution in [3.05, 3.63) is 17.0 Å². The Labute approximate surface area is 111 Å². The molecular weight excluding hydrogens is 224 g/mol. The highest BCUT2D eigenvalue weighted by Crippen LogP contribution is 2.23. The molecule has 0 aromatic carbocycles. The molecule has 1 N–H and O–H groups in total. The molecule has 0 aliphatic heterocycles. The Bertz CT molecular complexity index is 336. The first-order valence-corrected chi connectivity index (χ1v) is 7.09. The summed E-state index contributed by atoms with van der Waals surface area (Å²) >= 11 is 0. The van der Waals surface area contributed by atoms with Crippen molar-refractivity contribution in [1.82, 2.24) is 10.5 Å². The van der Waals surface area contributed by atoms with Crippen molar-refractivity contribution in [2.24, 2.45) is 5.41 Å². The van der Waals surface area contributed by atoms with Crippen LogP contribution in [-0.2, 0) is 6.54 Å². The Kier molecular flexibility index (Phi) is 5.86. The summed E-state index contributed by atoms with van der Waals surface area (Å²) < 4.78 is 5.17. The minimum Gasteiger partial charge on any atom is -0.361 e. The molecule has 0 bridgehead atoms. The third-order valence-electron chi connectivity index (χ3n) is 3.54. The third-order valence-corrected chi connectivity index (χ3v) is 3.54. The summed E-state index contributed by atoms with van der Waals surface area (Å²) in [5.74, 6) is 0.934. The number of nitrogens with zero attached hydrogens (tertiary/aromatic N) is 1. The van der Waals surface area contributed by atoms with E-state index in [-0.39, 0.29) is 0 Å². The van der Waals surface area contributed by atoms with Crippen molar-refractivity contribution < 1.29 is 4.52 Å². The molecule has 3 nitrogen and oxygen atoms in total. The molecule has 0 saturated carbocycles. The van der Waals surface area contributed by atoms with E-state index in [0.717, 1.165) is 24.5 Å². The molecule has 0 spiro atoms. The van der Waals surface area contributed by atoms with Gasteiger partial charge in [-0.3, -0.25) is 0 Å². The van der Waals surface area contributed by atoms with Crippen LogP contribution in [0.3, 0.4) is 0 Å².